The van der Waals surface area contributed by atoms with E-state index in [0.29, 0.717) is 21.3 Å². The van der Waals surface area contributed by atoms with Gasteiger partial charge in [0.25, 0.3) is 0 Å². The molecule has 3 nitrogen and oxygen atoms in total. The van der Waals surface area contributed by atoms with Gasteiger partial charge in [0.2, 0.25) is 0 Å². The molecule has 0 fully saturated rings. The first-order valence-electron chi connectivity index (χ1n) is 3.50. The normalized spacial score (nSPS) is 10.8. The lowest BCUT2D eigenvalue weighted by atomic mass is 10.2. The van der Waals surface area contributed by atoms with Crippen molar-refractivity contribution in [3.8, 4) is 0 Å². The molecule has 0 saturated carbocycles. The Kier molecular flexibility index (Phi) is 2.90. The number of nitrogens with two attached hydrogens (primary N) is 1. The van der Waals surface area contributed by atoms with Crippen molar-refractivity contribution in [1.29, 1.82) is 0 Å². The number of hydrogen-bond acceptors (Lipinski definition) is 3. The van der Waals surface area contributed by atoms with Gasteiger partial charge in [-0.2, -0.15) is 0 Å². The van der Waals surface area contributed by atoms with Gasteiger partial charge in [-0.1, -0.05) is 25.4 Å². The molecule has 66 valence electrons. The molecular formula is C7H9BrClN3. The molecule has 0 saturated heterocycles. The van der Waals surface area contributed by atoms with E-state index in [1.165, 1.54) is 0 Å². The third-order valence-corrected chi connectivity index (χ3v) is 2.65. The summed E-state index contributed by atoms with van der Waals surface area (Å²) in [5, 5.41) is 0.367. The zero-order chi connectivity index (χ0) is 9.30. The first kappa shape index (κ1) is 9.74. The van der Waals surface area contributed by atoms with E-state index in [9.17, 15) is 0 Å². The lowest BCUT2D eigenvalue weighted by Crippen LogP contribution is -2.02. The van der Waals surface area contributed by atoms with E-state index in [4.69, 9.17) is 17.3 Å². The van der Waals surface area contributed by atoms with Crippen LogP contribution in [0.2, 0.25) is 5.15 Å². The van der Waals surface area contributed by atoms with E-state index in [0.717, 1.165) is 0 Å². The molecule has 1 rings (SSSR count). The van der Waals surface area contributed by atoms with Crippen molar-refractivity contribution in [3.05, 3.63) is 15.5 Å². The van der Waals surface area contributed by atoms with Gasteiger partial charge in [0.1, 0.15) is 16.8 Å². The Labute approximate surface area is 84.5 Å². The predicted molar refractivity (Wildman–Crippen MR) is 53.2 cm³/mol. The summed E-state index contributed by atoms with van der Waals surface area (Å²) in [4.78, 5) is 8.13. The van der Waals surface area contributed by atoms with Crippen LogP contribution in [0.4, 0.5) is 5.82 Å². The van der Waals surface area contributed by atoms with Gasteiger partial charge < -0.3 is 5.73 Å². The summed E-state index contributed by atoms with van der Waals surface area (Å²) in [6.45, 7) is 3.97. The summed E-state index contributed by atoms with van der Waals surface area (Å²) >= 11 is 8.97. The summed E-state index contributed by atoms with van der Waals surface area (Å²) in [6.07, 6.45) is 0. The summed E-state index contributed by atoms with van der Waals surface area (Å²) in [7, 11) is 0. The van der Waals surface area contributed by atoms with E-state index in [2.05, 4.69) is 25.9 Å². The maximum Gasteiger partial charge on any atom is 0.149 e. The Morgan fingerprint density at radius 1 is 1.42 bits per heavy atom. The Morgan fingerprint density at radius 2 is 2.00 bits per heavy atom. The number of aromatic nitrogens is 2. The lowest BCUT2D eigenvalue weighted by Gasteiger charge is -2.06. The average molecular weight is 251 g/mol. The molecule has 5 heteroatoms. The van der Waals surface area contributed by atoms with Crippen LogP contribution in [-0.4, -0.2) is 9.97 Å². The quantitative estimate of drug-likeness (QED) is 0.780. The zero-order valence-electron chi connectivity index (χ0n) is 6.81. The minimum absolute atomic E-state index is 0.234. The fourth-order valence-electron chi connectivity index (χ4n) is 0.711. The van der Waals surface area contributed by atoms with Crippen LogP contribution in [-0.2, 0) is 0 Å². The van der Waals surface area contributed by atoms with Crippen LogP contribution in [0.5, 0.6) is 0 Å². The van der Waals surface area contributed by atoms with Crippen LogP contribution in [0.25, 0.3) is 0 Å². The fraction of sp³-hybridized carbons (Fsp3) is 0.429. The minimum Gasteiger partial charge on any atom is -0.383 e. The van der Waals surface area contributed by atoms with Crippen LogP contribution >= 0.6 is 27.5 Å². The summed E-state index contributed by atoms with van der Waals surface area (Å²) < 4.78 is 0.563. The van der Waals surface area contributed by atoms with Gasteiger partial charge in [-0.15, -0.1) is 0 Å². The van der Waals surface area contributed by atoms with E-state index in [1.807, 2.05) is 13.8 Å². The van der Waals surface area contributed by atoms with Gasteiger partial charge in [0.05, 0.1) is 4.47 Å². The van der Waals surface area contributed by atoms with Gasteiger partial charge in [-0.25, -0.2) is 9.97 Å². The van der Waals surface area contributed by atoms with E-state index < -0.39 is 0 Å². The molecular weight excluding hydrogens is 241 g/mol. The topological polar surface area (TPSA) is 51.8 Å². The Hall–Kier alpha value is -0.350. The van der Waals surface area contributed by atoms with Crippen LogP contribution in [0, 0.1) is 0 Å². The molecule has 0 aromatic carbocycles. The summed E-state index contributed by atoms with van der Waals surface area (Å²) in [5.74, 6) is 1.29. The molecule has 0 aliphatic rings. The average Bonchev–Trinajstić information content (AvgIpc) is 1.99. The standard InChI is InChI=1S/C7H9BrClN3/c1-3(2)7-11-5(9)4(8)6(10)12-7/h3H,1-2H3,(H2,10,11,12). The molecule has 2 N–H and O–H groups in total. The summed E-state index contributed by atoms with van der Waals surface area (Å²) in [6, 6.07) is 0. The van der Waals surface area contributed by atoms with Gasteiger partial charge in [0, 0.05) is 5.92 Å². The third kappa shape index (κ3) is 1.87. The lowest BCUT2D eigenvalue weighted by molar-refractivity contribution is 0.775. The van der Waals surface area contributed by atoms with Gasteiger partial charge in [-0.05, 0) is 15.9 Å². The highest BCUT2D eigenvalue weighted by atomic mass is 79.9. The van der Waals surface area contributed by atoms with Crippen LogP contribution in [0.1, 0.15) is 25.6 Å². The van der Waals surface area contributed by atoms with Crippen molar-refractivity contribution < 1.29 is 0 Å². The Balaban J connectivity index is 3.21. The maximum atomic E-state index is 5.79. The van der Waals surface area contributed by atoms with Crippen LogP contribution < -0.4 is 5.73 Å². The van der Waals surface area contributed by atoms with Crippen molar-refractivity contribution in [2.75, 3.05) is 5.73 Å². The second-order valence-corrected chi connectivity index (χ2v) is 3.88. The van der Waals surface area contributed by atoms with E-state index in [-0.39, 0.29) is 5.92 Å². The number of halogens is 2. The molecule has 0 bridgehead atoms. The van der Waals surface area contributed by atoms with Gasteiger partial charge >= 0.3 is 0 Å². The first-order valence-corrected chi connectivity index (χ1v) is 4.68. The molecule has 0 aliphatic carbocycles. The highest BCUT2D eigenvalue weighted by Gasteiger charge is 2.09. The first-order chi connectivity index (χ1) is 5.52. The second kappa shape index (κ2) is 3.58. The largest absolute Gasteiger partial charge is 0.383 e. The van der Waals surface area contributed by atoms with Crippen LogP contribution in [0.15, 0.2) is 4.47 Å². The predicted octanol–water partition coefficient (Wildman–Crippen LogP) is 2.60. The van der Waals surface area contributed by atoms with Gasteiger partial charge in [0.15, 0.2) is 0 Å². The molecule has 0 spiro atoms. The molecule has 0 radical (unpaired) electrons. The van der Waals surface area contributed by atoms with Crippen molar-refractivity contribution >= 4 is 33.3 Å². The van der Waals surface area contributed by atoms with E-state index in [1.54, 1.807) is 0 Å². The van der Waals surface area contributed by atoms with Gasteiger partial charge in [-0.3, -0.25) is 0 Å². The molecule has 1 aromatic rings. The number of rotatable bonds is 1. The third-order valence-electron chi connectivity index (χ3n) is 1.37. The molecule has 0 unspecified atom stereocenters. The monoisotopic (exact) mass is 249 g/mol. The second-order valence-electron chi connectivity index (χ2n) is 2.73. The van der Waals surface area contributed by atoms with Crippen molar-refractivity contribution in [2.24, 2.45) is 0 Å². The molecule has 1 heterocycles. The van der Waals surface area contributed by atoms with Crippen molar-refractivity contribution in [2.45, 2.75) is 19.8 Å². The molecule has 1 aromatic heterocycles. The smallest absolute Gasteiger partial charge is 0.149 e. The van der Waals surface area contributed by atoms with Crippen LogP contribution in [0.3, 0.4) is 0 Å². The Morgan fingerprint density at radius 3 is 2.42 bits per heavy atom. The zero-order valence-corrected chi connectivity index (χ0v) is 9.15. The fourth-order valence-corrected chi connectivity index (χ4v) is 1.07. The minimum atomic E-state index is 0.234. The maximum absolute atomic E-state index is 5.79. The van der Waals surface area contributed by atoms with E-state index >= 15 is 0 Å². The molecule has 0 amide bonds. The molecule has 12 heavy (non-hydrogen) atoms. The number of nitrogen functional groups attached to an aromatic ring is 1. The highest BCUT2D eigenvalue weighted by molar-refractivity contribution is 9.10. The molecule has 0 atom stereocenters. The van der Waals surface area contributed by atoms with Crippen molar-refractivity contribution in [1.82, 2.24) is 9.97 Å². The van der Waals surface area contributed by atoms with Crippen molar-refractivity contribution in [3.63, 3.8) is 0 Å². The number of anilines is 1. The SMILES string of the molecule is CC(C)c1nc(N)c(Br)c(Cl)n1. The molecule has 0 aliphatic heterocycles. The summed E-state index contributed by atoms with van der Waals surface area (Å²) in [5.41, 5.74) is 5.58. The number of nitrogens with zero attached hydrogens (tertiary/aromatic N) is 2. The Bertz CT molecular complexity index is 278. The number of hydrogen-bond donors (Lipinski definition) is 1. The highest BCUT2D eigenvalue weighted by Crippen LogP contribution is 2.26.